The number of aromatic amines is 1. The van der Waals surface area contributed by atoms with Crippen molar-refractivity contribution < 1.29 is 14.3 Å². The second-order valence-electron chi connectivity index (χ2n) is 8.52. The Bertz CT molecular complexity index is 1420. The van der Waals surface area contributed by atoms with Crippen LogP contribution in [0.15, 0.2) is 36.9 Å². The summed E-state index contributed by atoms with van der Waals surface area (Å²) in [4.78, 5) is 39.6. The summed E-state index contributed by atoms with van der Waals surface area (Å²) in [5.41, 5.74) is 2.17. The number of imidazole rings is 1. The number of esters is 1. The minimum atomic E-state index is -0.352. The number of carbonyl (C=O) groups excluding carboxylic acids is 2. The van der Waals surface area contributed by atoms with E-state index in [4.69, 9.17) is 32.9 Å². The summed E-state index contributed by atoms with van der Waals surface area (Å²) in [6.45, 7) is 5.13. The van der Waals surface area contributed by atoms with Crippen molar-refractivity contribution in [2.75, 3.05) is 24.6 Å². The molecule has 9 nitrogen and oxygen atoms in total. The summed E-state index contributed by atoms with van der Waals surface area (Å²) in [6, 6.07) is 5.19. The Labute approximate surface area is 221 Å². The van der Waals surface area contributed by atoms with E-state index < -0.39 is 0 Å². The van der Waals surface area contributed by atoms with E-state index in [-0.39, 0.29) is 34.7 Å². The number of carbonyl (C=O) groups is 2. The van der Waals surface area contributed by atoms with E-state index in [0.29, 0.717) is 42.4 Å². The number of aromatic nitrogens is 4. The van der Waals surface area contributed by atoms with Crippen LogP contribution in [0.1, 0.15) is 45.9 Å². The number of hydrogen-bond acceptors (Lipinski definition) is 7. The molecule has 2 N–H and O–H groups in total. The van der Waals surface area contributed by atoms with Crippen molar-refractivity contribution in [1.29, 1.82) is 0 Å². The molecule has 3 aromatic heterocycles. The molecule has 36 heavy (non-hydrogen) atoms. The summed E-state index contributed by atoms with van der Waals surface area (Å²) in [6.07, 6.45) is 6.01. The van der Waals surface area contributed by atoms with Crippen LogP contribution in [0, 0.1) is 6.92 Å². The highest BCUT2D eigenvalue weighted by Crippen LogP contribution is 2.35. The number of halogens is 2. The molecule has 1 aliphatic rings. The van der Waals surface area contributed by atoms with Crippen LogP contribution in [0.5, 0.6) is 0 Å². The van der Waals surface area contributed by atoms with Gasteiger partial charge in [0.1, 0.15) is 5.69 Å². The number of nitrogens with zero attached hydrogens (tertiary/aromatic N) is 4. The molecule has 188 valence electrons. The fourth-order valence-electron chi connectivity index (χ4n) is 4.45. The quantitative estimate of drug-likeness (QED) is 0.334. The molecular formula is C24H24Cl2N6O3S. The highest BCUT2D eigenvalue weighted by Gasteiger charge is 2.34. The minimum absolute atomic E-state index is 0.105. The van der Waals surface area contributed by atoms with Crippen molar-refractivity contribution in [2.24, 2.45) is 0 Å². The molecule has 1 aromatic carbocycles. The van der Waals surface area contributed by atoms with Gasteiger partial charge in [-0.3, -0.25) is 4.79 Å². The first kappa shape index (κ1) is 24.6. The number of amides is 1. The first-order chi connectivity index (χ1) is 17.4. The van der Waals surface area contributed by atoms with Crippen LogP contribution in [0.3, 0.4) is 0 Å². The van der Waals surface area contributed by atoms with Gasteiger partial charge >= 0.3 is 5.97 Å². The number of nitrogens with one attached hydrogen (secondary N) is 2. The van der Waals surface area contributed by atoms with Crippen LogP contribution in [-0.2, 0) is 4.74 Å². The minimum Gasteiger partial charge on any atom is -0.462 e. The first-order valence-electron chi connectivity index (χ1n) is 11.5. The van der Waals surface area contributed by atoms with E-state index in [2.05, 4.69) is 20.2 Å². The molecule has 5 rings (SSSR count). The molecule has 0 spiro atoms. The van der Waals surface area contributed by atoms with Gasteiger partial charge in [0.25, 0.3) is 5.91 Å². The molecule has 1 saturated heterocycles. The number of aryl methyl sites for hydroxylation is 1. The molecule has 1 amide bonds. The lowest BCUT2D eigenvalue weighted by Gasteiger charge is -2.39. The van der Waals surface area contributed by atoms with E-state index in [9.17, 15) is 9.59 Å². The van der Waals surface area contributed by atoms with Crippen LogP contribution < -0.4 is 10.2 Å². The average molecular weight is 547 g/mol. The van der Waals surface area contributed by atoms with Crippen molar-refractivity contribution in [3.63, 3.8) is 0 Å². The molecule has 4 heterocycles. The van der Waals surface area contributed by atoms with Crippen LogP contribution in [0.4, 0.5) is 5.13 Å². The summed E-state index contributed by atoms with van der Waals surface area (Å²) in [5, 5.41) is 4.50. The predicted molar refractivity (Wildman–Crippen MR) is 140 cm³/mol. The van der Waals surface area contributed by atoms with E-state index in [1.54, 1.807) is 32.4 Å². The molecular weight excluding hydrogens is 523 g/mol. The summed E-state index contributed by atoms with van der Waals surface area (Å²) in [7, 11) is 0. The van der Waals surface area contributed by atoms with Gasteiger partial charge in [-0.2, -0.15) is 0 Å². The van der Waals surface area contributed by atoms with Crippen molar-refractivity contribution in [3.05, 3.63) is 63.9 Å². The Morgan fingerprint density at radius 3 is 2.83 bits per heavy atom. The number of anilines is 1. The predicted octanol–water partition coefficient (Wildman–Crippen LogP) is 4.86. The Morgan fingerprint density at radius 2 is 2.14 bits per heavy atom. The molecule has 2 atom stereocenters. The largest absolute Gasteiger partial charge is 0.462 e. The van der Waals surface area contributed by atoms with Crippen LogP contribution in [0.25, 0.3) is 10.2 Å². The second kappa shape index (κ2) is 10.1. The first-order valence-corrected chi connectivity index (χ1v) is 13.1. The van der Waals surface area contributed by atoms with E-state index in [0.717, 1.165) is 15.3 Å². The summed E-state index contributed by atoms with van der Waals surface area (Å²) in [5.74, 6) is -0.660. The molecule has 1 fully saturated rings. The lowest BCUT2D eigenvalue weighted by atomic mass is 9.99. The third-order valence-electron chi connectivity index (χ3n) is 6.26. The number of fused-ring (bicyclic) bond motifs is 1. The van der Waals surface area contributed by atoms with E-state index >= 15 is 0 Å². The zero-order valence-electron chi connectivity index (χ0n) is 19.6. The average Bonchev–Trinajstić information content (AvgIpc) is 3.61. The topological polar surface area (TPSA) is 105 Å². The maximum absolute atomic E-state index is 13.1. The standard InChI is InChI=1S/C24H24Cl2N6O3S/c1-3-35-23(34)14-5-4-6-16-21(14)36-24(30-16)31-9-7-15(17(11-31)32-10-8-27-12-32)29-22(33)20-19(26)18(25)13(2)28-20/h4-6,8,10,12,15,17,28H,3,7,9,11H2,1-2H3,(H,29,33)/t15-,17+/m0/s1. The van der Waals surface area contributed by atoms with Gasteiger partial charge in [-0.15, -0.1) is 0 Å². The van der Waals surface area contributed by atoms with Crippen molar-refractivity contribution in [3.8, 4) is 0 Å². The van der Waals surface area contributed by atoms with Gasteiger partial charge in [-0.05, 0) is 32.4 Å². The molecule has 12 heteroatoms. The number of piperidine rings is 1. The lowest BCUT2D eigenvalue weighted by molar-refractivity contribution is 0.0528. The van der Waals surface area contributed by atoms with Gasteiger partial charge in [-0.25, -0.2) is 14.8 Å². The Morgan fingerprint density at radius 1 is 1.31 bits per heavy atom. The maximum atomic E-state index is 13.1. The third-order valence-corrected chi connectivity index (χ3v) is 8.37. The highest BCUT2D eigenvalue weighted by atomic mass is 35.5. The summed E-state index contributed by atoms with van der Waals surface area (Å²) >= 11 is 13.9. The molecule has 0 radical (unpaired) electrons. The highest BCUT2D eigenvalue weighted by molar-refractivity contribution is 7.22. The molecule has 0 aliphatic carbocycles. The third kappa shape index (κ3) is 4.56. The zero-order chi connectivity index (χ0) is 25.4. The van der Waals surface area contributed by atoms with E-state index in [1.165, 1.54) is 11.3 Å². The number of benzene rings is 1. The number of rotatable bonds is 6. The maximum Gasteiger partial charge on any atom is 0.339 e. The van der Waals surface area contributed by atoms with Gasteiger partial charge < -0.3 is 24.5 Å². The lowest BCUT2D eigenvalue weighted by Crippen LogP contribution is -2.51. The smallest absolute Gasteiger partial charge is 0.339 e. The monoisotopic (exact) mass is 546 g/mol. The molecule has 0 bridgehead atoms. The van der Waals surface area contributed by atoms with Gasteiger partial charge in [0.15, 0.2) is 5.13 Å². The fourth-order valence-corrected chi connectivity index (χ4v) is 5.97. The molecule has 1 aliphatic heterocycles. The molecule has 4 aromatic rings. The number of H-pyrrole nitrogens is 1. The van der Waals surface area contributed by atoms with Gasteiger partial charge in [0, 0.05) is 31.2 Å². The Hall–Kier alpha value is -3.08. The molecule has 0 saturated carbocycles. The molecule has 0 unspecified atom stereocenters. The van der Waals surface area contributed by atoms with Crippen molar-refractivity contribution in [1.82, 2.24) is 24.8 Å². The van der Waals surface area contributed by atoms with E-state index in [1.807, 2.05) is 22.9 Å². The van der Waals surface area contributed by atoms with Gasteiger partial charge in [-0.1, -0.05) is 40.6 Å². The van der Waals surface area contributed by atoms with Crippen LogP contribution >= 0.6 is 34.5 Å². The normalized spacial score (nSPS) is 17.9. The zero-order valence-corrected chi connectivity index (χ0v) is 22.0. The summed E-state index contributed by atoms with van der Waals surface area (Å²) < 4.78 is 8.01. The Balaban J connectivity index is 1.40. The van der Waals surface area contributed by atoms with Crippen LogP contribution in [0.2, 0.25) is 10.0 Å². The van der Waals surface area contributed by atoms with Crippen LogP contribution in [-0.4, -0.2) is 57.1 Å². The fraction of sp³-hybridized carbons (Fsp3) is 0.333. The van der Waals surface area contributed by atoms with Crippen molar-refractivity contribution >= 4 is 61.8 Å². The van der Waals surface area contributed by atoms with Crippen molar-refractivity contribution in [2.45, 2.75) is 32.4 Å². The SMILES string of the molecule is CCOC(=O)c1cccc2nc(N3CC[C@H](NC(=O)c4[nH]c(C)c(Cl)c4Cl)[C@H](n4ccnc4)C3)sc12. The van der Waals surface area contributed by atoms with Gasteiger partial charge in [0.05, 0.1) is 50.8 Å². The van der Waals surface area contributed by atoms with Gasteiger partial charge in [0.2, 0.25) is 0 Å². The Kier molecular flexibility index (Phi) is 6.92. The second-order valence-corrected chi connectivity index (χ2v) is 10.2. The number of thiazole rings is 1. The number of hydrogen-bond donors (Lipinski definition) is 2. The number of ether oxygens (including phenoxy) is 1.